The molecule has 21 heavy (non-hydrogen) atoms. The lowest BCUT2D eigenvalue weighted by molar-refractivity contribution is 0.387. The van der Waals surface area contributed by atoms with Gasteiger partial charge in [0.15, 0.2) is 5.82 Å². The quantitative estimate of drug-likeness (QED) is 0.803. The Bertz CT molecular complexity index is 730. The zero-order valence-electron chi connectivity index (χ0n) is 11.3. The van der Waals surface area contributed by atoms with Gasteiger partial charge in [0.1, 0.15) is 5.82 Å². The van der Waals surface area contributed by atoms with E-state index in [2.05, 4.69) is 14.9 Å². The maximum absolute atomic E-state index is 13.2. The minimum atomic E-state index is -3.85. The molecule has 2 rings (SSSR count). The van der Waals surface area contributed by atoms with Crippen molar-refractivity contribution in [1.82, 2.24) is 14.9 Å². The highest BCUT2D eigenvalue weighted by atomic mass is 32.2. The second-order valence-corrected chi connectivity index (χ2v) is 6.07. The molecule has 3 N–H and O–H groups in total. The van der Waals surface area contributed by atoms with Crippen molar-refractivity contribution >= 4 is 10.0 Å². The predicted octanol–water partition coefficient (Wildman–Crippen LogP) is 0.497. The van der Waals surface area contributed by atoms with Gasteiger partial charge >= 0.3 is 0 Å². The fourth-order valence-electron chi connectivity index (χ4n) is 1.76. The minimum absolute atomic E-state index is 0.000555. The van der Waals surface area contributed by atoms with Gasteiger partial charge in [0.05, 0.1) is 4.90 Å². The Balaban J connectivity index is 2.09. The topological polar surface area (TPSA) is 111 Å². The summed E-state index contributed by atoms with van der Waals surface area (Å²) in [5.74, 6) is 0.165. The lowest BCUT2D eigenvalue weighted by Gasteiger charge is -2.10. The van der Waals surface area contributed by atoms with Gasteiger partial charge in [0.2, 0.25) is 15.9 Å². The van der Waals surface area contributed by atoms with Crippen LogP contribution in [0.25, 0.3) is 0 Å². The van der Waals surface area contributed by atoms with Gasteiger partial charge in [-0.1, -0.05) is 11.2 Å². The first-order valence-corrected chi connectivity index (χ1v) is 7.68. The third-order valence-corrected chi connectivity index (χ3v) is 4.29. The first-order valence-electron chi connectivity index (χ1n) is 6.20. The largest absolute Gasteiger partial charge is 0.340 e. The first-order chi connectivity index (χ1) is 9.92. The van der Waals surface area contributed by atoms with E-state index in [-0.39, 0.29) is 24.4 Å². The van der Waals surface area contributed by atoms with Crippen LogP contribution in [-0.2, 0) is 23.0 Å². The zero-order valence-corrected chi connectivity index (χ0v) is 12.2. The van der Waals surface area contributed by atoms with Crippen LogP contribution < -0.4 is 10.5 Å². The van der Waals surface area contributed by atoms with Crippen molar-refractivity contribution < 1.29 is 17.3 Å². The normalized spacial score (nSPS) is 11.8. The predicted molar refractivity (Wildman–Crippen MR) is 72.2 cm³/mol. The van der Waals surface area contributed by atoms with Gasteiger partial charge in [-0.15, -0.1) is 0 Å². The van der Waals surface area contributed by atoms with Gasteiger partial charge in [-0.3, -0.25) is 0 Å². The fourth-order valence-corrected chi connectivity index (χ4v) is 3.06. The molecule has 0 unspecified atom stereocenters. The van der Waals surface area contributed by atoms with Crippen LogP contribution in [0, 0.1) is 12.7 Å². The number of nitrogens with two attached hydrogens (primary N) is 1. The number of rotatable bonds is 6. The third kappa shape index (κ3) is 3.84. The van der Waals surface area contributed by atoms with E-state index in [0.29, 0.717) is 17.3 Å². The molecular formula is C12H15FN4O3S. The number of aromatic nitrogens is 2. The standard InChI is InChI=1S/C12H15FN4O3S/c1-8-16-12(17-20-8)4-5-15-21(18,19)11-6-10(13)3-2-9(11)7-14/h2-3,6,15H,4-5,7,14H2,1H3. The average molecular weight is 314 g/mol. The Hall–Kier alpha value is -1.84. The summed E-state index contributed by atoms with van der Waals surface area (Å²) >= 11 is 0. The molecule has 1 aromatic carbocycles. The number of hydrogen-bond donors (Lipinski definition) is 2. The molecule has 2 aromatic rings. The highest BCUT2D eigenvalue weighted by Crippen LogP contribution is 2.16. The second-order valence-electron chi connectivity index (χ2n) is 4.33. The van der Waals surface area contributed by atoms with Crippen LogP contribution in [0.4, 0.5) is 4.39 Å². The summed E-state index contributed by atoms with van der Waals surface area (Å²) in [6, 6.07) is 3.47. The van der Waals surface area contributed by atoms with Crippen LogP contribution in [0.2, 0.25) is 0 Å². The van der Waals surface area contributed by atoms with Crippen molar-refractivity contribution in [1.29, 1.82) is 0 Å². The Morgan fingerprint density at radius 1 is 1.43 bits per heavy atom. The summed E-state index contributed by atoms with van der Waals surface area (Å²) in [4.78, 5) is 3.80. The molecule has 1 aromatic heterocycles. The van der Waals surface area contributed by atoms with E-state index in [1.54, 1.807) is 6.92 Å². The van der Waals surface area contributed by atoms with E-state index in [1.165, 1.54) is 12.1 Å². The van der Waals surface area contributed by atoms with Crippen molar-refractivity contribution in [2.45, 2.75) is 24.8 Å². The number of nitrogens with one attached hydrogen (secondary N) is 1. The molecule has 0 saturated carbocycles. The van der Waals surface area contributed by atoms with E-state index in [9.17, 15) is 12.8 Å². The lowest BCUT2D eigenvalue weighted by atomic mass is 10.2. The van der Waals surface area contributed by atoms with Crippen molar-refractivity contribution in [2.75, 3.05) is 6.54 Å². The summed E-state index contributed by atoms with van der Waals surface area (Å²) in [6.07, 6.45) is 0.268. The SMILES string of the molecule is Cc1nc(CCNS(=O)(=O)c2cc(F)ccc2CN)no1. The molecule has 1 heterocycles. The smallest absolute Gasteiger partial charge is 0.241 e. The Morgan fingerprint density at radius 2 is 2.19 bits per heavy atom. The summed E-state index contributed by atoms with van der Waals surface area (Å²) in [5.41, 5.74) is 5.82. The van der Waals surface area contributed by atoms with Crippen molar-refractivity contribution in [3.8, 4) is 0 Å². The Labute approximate surface area is 121 Å². The molecule has 7 nitrogen and oxygen atoms in total. The number of sulfonamides is 1. The molecule has 114 valence electrons. The molecule has 9 heteroatoms. The molecule has 0 radical (unpaired) electrons. The maximum atomic E-state index is 13.2. The average Bonchev–Trinajstić information content (AvgIpc) is 2.84. The monoisotopic (exact) mass is 314 g/mol. The Morgan fingerprint density at radius 3 is 2.81 bits per heavy atom. The van der Waals surface area contributed by atoms with Crippen LogP contribution in [0.3, 0.4) is 0 Å². The van der Waals surface area contributed by atoms with Gasteiger partial charge in [0.25, 0.3) is 0 Å². The molecule has 0 spiro atoms. The van der Waals surface area contributed by atoms with Gasteiger partial charge in [-0.05, 0) is 17.7 Å². The van der Waals surface area contributed by atoms with Crippen LogP contribution in [-0.4, -0.2) is 25.1 Å². The highest BCUT2D eigenvalue weighted by Gasteiger charge is 2.18. The molecule has 0 saturated heterocycles. The van der Waals surface area contributed by atoms with Gasteiger partial charge in [0, 0.05) is 26.4 Å². The van der Waals surface area contributed by atoms with Crippen LogP contribution in [0.5, 0.6) is 0 Å². The van der Waals surface area contributed by atoms with E-state index in [0.717, 1.165) is 6.07 Å². The molecular weight excluding hydrogens is 299 g/mol. The summed E-state index contributed by atoms with van der Waals surface area (Å²) in [5, 5.41) is 3.65. The molecule has 0 bridgehead atoms. The molecule has 0 aliphatic heterocycles. The highest BCUT2D eigenvalue weighted by molar-refractivity contribution is 7.89. The van der Waals surface area contributed by atoms with Crippen LogP contribution in [0.15, 0.2) is 27.6 Å². The molecule has 0 atom stereocenters. The number of benzene rings is 1. The van der Waals surface area contributed by atoms with Crippen molar-refractivity contribution in [3.63, 3.8) is 0 Å². The van der Waals surface area contributed by atoms with Gasteiger partial charge in [-0.25, -0.2) is 17.5 Å². The number of aryl methyl sites for hydroxylation is 1. The Kier molecular flexibility index (Phi) is 4.66. The molecule has 0 aliphatic rings. The van der Waals surface area contributed by atoms with E-state index >= 15 is 0 Å². The van der Waals surface area contributed by atoms with Crippen LogP contribution >= 0.6 is 0 Å². The first kappa shape index (κ1) is 15.5. The zero-order chi connectivity index (χ0) is 15.5. The maximum Gasteiger partial charge on any atom is 0.241 e. The summed E-state index contributed by atoms with van der Waals surface area (Å²) < 4.78 is 44.7. The van der Waals surface area contributed by atoms with Crippen LogP contribution in [0.1, 0.15) is 17.3 Å². The lowest BCUT2D eigenvalue weighted by Crippen LogP contribution is -2.27. The minimum Gasteiger partial charge on any atom is -0.340 e. The summed E-state index contributed by atoms with van der Waals surface area (Å²) in [7, 11) is -3.85. The van der Waals surface area contributed by atoms with Gasteiger partial charge < -0.3 is 10.3 Å². The molecule has 0 amide bonds. The molecule has 0 aliphatic carbocycles. The second kappa shape index (κ2) is 6.29. The number of halogens is 1. The fraction of sp³-hybridized carbons (Fsp3) is 0.333. The third-order valence-electron chi connectivity index (χ3n) is 2.75. The number of nitrogens with zero attached hydrogens (tertiary/aromatic N) is 2. The molecule has 0 fully saturated rings. The van der Waals surface area contributed by atoms with Crippen molar-refractivity contribution in [3.05, 3.63) is 41.3 Å². The van der Waals surface area contributed by atoms with E-state index in [1.807, 2.05) is 0 Å². The number of hydrogen-bond acceptors (Lipinski definition) is 6. The van der Waals surface area contributed by atoms with E-state index in [4.69, 9.17) is 10.3 Å². The summed E-state index contributed by atoms with van der Waals surface area (Å²) in [6.45, 7) is 1.71. The van der Waals surface area contributed by atoms with E-state index < -0.39 is 15.8 Å². The van der Waals surface area contributed by atoms with Crippen molar-refractivity contribution in [2.24, 2.45) is 5.73 Å². The van der Waals surface area contributed by atoms with Gasteiger partial charge in [-0.2, -0.15) is 4.98 Å².